The van der Waals surface area contributed by atoms with E-state index >= 15 is 0 Å². The molecule has 0 aliphatic heterocycles. The van der Waals surface area contributed by atoms with Crippen LogP contribution in [0.5, 0.6) is 0 Å². The number of hydrogen-bond donors (Lipinski definition) is 0. The van der Waals surface area contributed by atoms with Crippen molar-refractivity contribution >= 4 is 0 Å². The van der Waals surface area contributed by atoms with E-state index < -0.39 is 0 Å². The van der Waals surface area contributed by atoms with Gasteiger partial charge in [-0.05, 0) is 38.1 Å². The standard InChI is InChI=1S/C15H14N2O/c1-11-3-5-13(6-4-11)17-9-7-15(16-17)14-8-10-18-12(14)2/h3-10H,1-2H3. The minimum atomic E-state index is 0.893. The van der Waals surface area contributed by atoms with Crippen LogP contribution >= 0.6 is 0 Å². The average Bonchev–Trinajstić information content (AvgIpc) is 2.98. The lowest BCUT2D eigenvalue weighted by atomic mass is 10.2. The molecule has 0 saturated carbocycles. The Bertz CT molecular complexity index is 662. The van der Waals surface area contributed by atoms with Crippen molar-refractivity contribution in [3.05, 3.63) is 60.2 Å². The van der Waals surface area contributed by atoms with Gasteiger partial charge in [-0.1, -0.05) is 17.7 Å². The van der Waals surface area contributed by atoms with E-state index in [-0.39, 0.29) is 0 Å². The molecule has 0 spiro atoms. The smallest absolute Gasteiger partial charge is 0.110 e. The lowest BCUT2D eigenvalue weighted by Gasteiger charge is -2.01. The van der Waals surface area contributed by atoms with E-state index in [1.54, 1.807) is 6.26 Å². The Morgan fingerprint density at radius 1 is 1.00 bits per heavy atom. The fraction of sp³-hybridized carbons (Fsp3) is 0.133. The van der Waals surface area contributed by atoms with Crippen LogP contribution in [0.3, 0.4) is 0 Å². The summed E-state index contributed by atoms with van der Waals surface area (Å²) in [6.45, 7) is 4.02. The molecule has 3 aromatic rings. The van der Waals surface area contributed by atoms with E-state index in [0.717, 1.165) is 22.7 Å². The number of aromatic nitrogens is 2. The Morgan fingerprint density at radius 3 is 2.44 bits per heavy atom. The van der Waals surface area contributed by atoms with Crippen LogP contribution in [-0.2, 0) is 0 Å². The van der Waals surface area contributed by atoms with Gasteiger partial charge in [0.15, 0.2) is 0 Å². The van der Waals surface area contributed by atoms with Crippen LogP contribution in [0.2, 0.25) is 0 Å². The van der Waals surface area contributed by atoms with Gasteiger partial charge in [-0.15, -0.1) is 0 Å². The summed E-state index contributed by atoms with van der Waals surface area (Å²) in [5.41, 5.74) is 4.28. The largest absolute Gasteiger partial charge is 0.469 e. The summed E-state index contributed by atoms with van der Waals surface area (Å²) >= 11 is 0. The zero-order chi connectivity index (χ0) is 12.5. The van der Waals surface area contributed by atoms with E-state index in [2.05, 4.69) is 36.3 Å². The van der Waals surface area contributed by atoms with Crippen molar-refractivity contribution in [2.24, 2.45) is 0 Å². The molecule has 3 rings (SSSR count). The molecule has 2 heterocycles. The van der Waals surface area contributed by atoms with E-state index in [9.17, 15) is 0 Å². The highest BCUT2D eigenvalue weighted by Gasteiger charge is 2.08. The molecule has 0 N–H and O–H groups in total. The normalized spacial score (nSPS) is 10.8. The first kappa shape index (κ1) is 10.8. The zero-order valence-corrected chi connectivity index (χ0v) is 10.4. The van der Waals surface area contributed by atoms with Crippen molar-refractivity contribution in [3.63, 3.8) is 0 Å². The molecule has 0 radical (unpaired) electrons. The lowest BCUT2D eigenvalue weighted by Crippen LogP contribution is -1.94. The number of rotatable bonds is 2. The molecular formula is C15H14N2O. The first-order valence-corrected chi connectivity index (χ1v) is 5.91. The van der Waals surface area contributed by atoms with E-state index in [1.165, 1.54) is 5.56 Å². The molecule has 0 saturated heterocycles. The predicted molar refractivity (Wildman–Crippen MR) is 70.7 cm³/mol. The quantitative estimate of drug-likeness (QED) is 0.680. The van der Waals surface area contributed by atoms with Crippen molar-refractivity contribution < 1.29 is 4.42 Å². The second-order valence-corrected chi connectivity index (χ2v) is 4.37. The van der Waals surface area contributed by atoms with Crippen LogP contribution in [0.25, 0.3) is 16.9 Å². The van der Waals surface area contributed by atoms with Gasteiger partial charge in [-0.3, -0.25) is 0 Å². The van der Waals surface area contributed by atoms with E-state index in [0.29, 0.717) is 0 Å². The van der Waals surface area contributed by atoms with Gasteiger partial charge < -0.3 is 4.42 Å². The van der Waals surface area contributed by atoms with Gasteiger partial charge in [-0.2, -0.15) is 5.10 Å². The number of hydrogen-bond acceptors (Lipinski definition) is 2. The first-order chi connectivity index (χ1) is 8.74. The van der Waals surface area contributed by atoms with Crippen LogP contribution < -0.4 is 0 Å². The molecule has 0 aliphatic carbocycles. The molecule has 18 heavy (non-hydrogen) atoms. The fourth-order valence-electron chi connectivity index (χ4n) is 1.96. The van der Waals surface area contributed by atoms with E-state index in [4.69, 9.17) is 4.42 Å². The van der Waals surface area contributed by atoms with Crippen molar-refractivity contribution in [3.8, 4) is 16.9 Å². The molecule has 3 heteroatoms. The van der Waals surface area contributed by atoms with Crippen molar-refractivity contribution in [1.29, 1.82) is 0 Å². The lowest BCUT2D eigenvalue weighted by molar-refractivity contribution is 0.535. The molecule has 0 fully saturated rings. The Morgan fingerprint density at radius 2 is 1.78 bits per heavy atom. The third kappa shape index (κ3) is 1.84. The molecule has 3 nitrogen and oxygen atoms in total. The highest BCUT2D eigenvalue weighted by molar-refractivity contribution is 5.60. The van der Waals surface area contributed by atoms with Crippen molar-refractivity contribution in [1.82, 2.24) is 9.78 Å². The Balaban J connectivity index is 1.99. The van der Waals surface area contributed by atoms with Crippen LogP contribution in [0, 0.1) is 13.8 Å². The van der Waals surface area contributed by atoms with Gasteiger partial charge >= 0.3 is 0 Å². The number of benzene rings is 1. The Labute approximate surface area is 106 Å². The summed E-state index contributed by atoms with van der Waals surface area (Å²) in [5, 5.41) is 4.57. The molecule has 0 bridgehead atoms. The monoisotopic (exact) mass is 238 g/mol. The summed E-state index contributed by atoms with van der Waals surface area (Å²) in [7, 11) is 0. The third-order valence-electron chi connectivity index (χ3n) is 3.02. The van der Waals surface area contributed by atoms with Gasteiger partial charge in [0.25, 0.3) is 0 Å². The highest BCUT2D eigenvalue weighted by Crippen LogP contribution is 2.23. The molecule has 0 aliphatic rings. The topological polar surface area (TPSA) is 31.0 Å². The molecular weight excluding hydrogens is 224 g/mol. The second kappa shape index (κ2) is 4.18. The molecule has 90 valence electrons. The first-order valence-electron chi connectivity index (χ1n) is 5.91. The van der Waals surface area contributed by atoms with Crippen molar-refractivity contribution in [2.75, 3.05) is 0 Å². The van der Waals surface area contributed by atoms with Gasteiger partial charge in [0.2, 0.25) is 0 Å². The summed E-state index contributed by atoms with van der Waals surface area (Å²) in [6.07, 6.45) is 3.65. The number of furan rings is 1. The fourth-order valence-corrected chi connectivity index (χ4v) is 1.96. The van der Waals surface area contributed by atoms with E-state index in [1.807, 2.05) is 29.9 Å². The summed E-state index contributed by atoms with van der Waals surface area (Å²) in [4.78, 5) is 0. The van der Waals surface area contributed by atoms with Gasteiger partial charge in [-0.25, -0.2) is 4.68 Å². The molecule has 0 amide bonds. The molecule has 0 atom stereocenters. The highest BCUT2D eigenvalue weighted by atomic mass is 16.3. The zero-order valence-electron chi connectivity index (χ0n) is 10.4. The Hall–Kier alpha value is -2.29. The predicted octanol–water partition coefficient (Wildman–Crippen LogP) is 3.75. The van der Waals surface area contributed by atoms with Gasteiger partial charge in [0.05, 0.1) is 17.6 Å². The minimum absolute atomic E-state index is 0.893. The molecule has 2 aromatic heterocycles. The average molecular weight is 238 g/mol. The maximum absolute atomic E-state index is 5.30. The van der Waals surface area contributed by atoms with Crippen LogP contribution in [0.1, 0.15) is 11.3 Å². The number of aryl methyl sites for hydroxylation is 2. The maximum Gasteiger partial charge on any atom is 0.110 e. The minimum Gasteiger partial charge on any atom is -0.469 e. The Kier molecular flexibility index (Phi) is 2.52. The second-order valence-electron chi connectivity index (χ2n) is 4.37. The molecule has 0 unspecified atom stereocenters. The summed E-state index contributed by atoms with van der Waals surface area (Å²) < 4.78 is 7.18. The molecule has 1 aromatic carbocycles. The van der Waals surface area contributed by atoms with Crippen molar-refractivity contribution in [2.45, 2.75) is 13.8 Å². The third-order valence-corrected chi connectivity index (χ3v) is 3.02. The van der Waals surface area contributed by atoms with Crippen LogP contribution in [0.4, 0.5) is 0 Å². The van der Waals surface area contributed by atoms with Crippen LogP contribution in [0.15, 0.2) is 53.3 Å². The van der Waals surface area contributed by atoms with Crippen LogP contribution in [-0.4, -0.2) is 9.78 Å². The summed E-state index contributed by atoms with van der Waals surface area (Å²) in [5.74, 6) is 0.893. The maximum atomic E-state index is 5.30. The van der Waals surface area contributed by atoms with Gasteiger partial charge in [0, 0.05) is 11.8 Å². The summed E-state index contributed by atoms with van der Waals surface area (Å²) in [6, 6.07) is 12.2. The number of nitrogens with zero attached hydrogens (tertiary/aromatic N) is 2. The SMILES string of the molecule is Cc1ccc(-n2ccc(-c3ccoc3C)n2)cc1. The van der Waals surface area contributed by atoms with Gasteiger partial charge in [0.1, 0.15) is 5.76 Å².